The van der Waals surface area contributed by atoms with Crippen LogP contribution in [0, 0.1) is 0 Å². The van der Waals surface area contributed by atoms with Gasteiger partial charge >= 0.3 is 0 Å². The van der Waals surface area contributed by atoms with Gasteiger partial charge in [-0.05, 0) is 12.5 Å². The normalized spacial score (nSPS) is 10.0. The average molecular weight is 114 g/mol. The molecule has 0 spiro atoms. The summed E-state index contributed by atoms with van der Waals surface area (Å²) < 4.78 is 0. The molecule has 0 aromatic heterocycles. The molecule has 2 N–H and O–H groups in total. The van der Waals surface area contributed by atoms with Crippen molar-refractivity contribution >= 4 is 0 Å². The Morgan fingerprint density at radius 1 is 1.62 bits per heavy atom. The van der Waals surface area contributed by atoms with E-state index < -0.39 is 0 Å². The second-order valence-corrected chi connectivity index (χ2v) is 1.49. The van der Waals surface area contributed by atoms with Crippen LogP contribution in [-0.4, -0.2) is 10.2 Å². The maximum Gasteiger partial charge on any atom is 0.0854 e. The van der Waals surface area contributed by atoms with E-state index in [-0.39, 0.29) is 5.76 Å². The molecule has 2 nitrogen and oxygen atoms in total. The summed E-state index contributed by atoms with van der Waals surface area (Å²) in [4.78, 5) is 0. The van der Waals surface area contributed by atoms with E-state index in [0.717, 1.165) is 6.26 Å². The fourth-order valence-corrected chi connectivity index (χ4v) is 0.324. The Bertz CT molecular complexity index is 94.7. The summed E-state index contributed by atoms with van der Waals surface area (Å²) in [5, 5.41) is 16.6. The molecule has 0 bridgehead atoms. The molecule has 0 aliphatic carbocycles. The highest BCUT2D eigenvalue weighted by atomic mass is 16.3. The number of aliphatic hydroxyl groups is 2. The number of hydrogen-bond acceptors (Lipinski definition) is 2. The molecule has 0 radical (unpaired) electrons. The number of hydrogen-bond donors (Lipinski definition) is 2. The highest BCUT2D eigenvalue weighted by molar-refractivity contribution is 4.83. The number of allylic oxidation sites excluding steroid dienone is 2. The van der Waals surface area contributed by atoms with Gasteiger partial charge in [0.1, 0.15) is 0 Å². The van der Waals surface area contributed by atoms with Gasteiger partial charge in [-0.2, -0.15) is 0 Å². The molecular formula is C6H10O2. The van der Waals surface area contributed by atoms with E-state index in [1.807, 2.05) is 0 Å². The second-order valence-electron chi connectivity index (χ2n) is 1.49. The molecule has 0 amide bonds. The zero-order valence-corrected chi connectivity index (χ0v) is 4.67. The lowest BCUT2D eigenvalue weighted by Crippen LogP contribution is -1.74. The van der Waals surface area contributed by atoms with E-state index in [4.69, 9.17) is 10.2 Å². The van der Waals surface area contributed by atoms with E-state index in [9.17, 15) is 0 Å². The van der Waals surface area contributed by atoms with E-state index in [1.165, 1.54) is 0 Å². The van der Waals surface area contributed by atoms with E-state index in [0.29, 0.717) is 12.8 Å². The van der Waals surface area contributed by atoms with E-state index in [2.05, 4.69) is 6.58 Å². The predicted octanol–water partition coefficient (Wildman–Crippen LogP) is 1.91. The molecule has 0 aromatic carbocycles. The molecule has 0 saturated carbocycles. The van der Waals surface area contributed by atoms with Crippen molar-refractivity contribution in [3.63, 3.8) is 0 Å². The summed E-state index contributed by atoms with van der Waals surface area (Å²) in [6.07, 6.45) is 3.69. The van der Waals surface area contributed by atoms with Gasteiger partial charge < -0.3 is 10.2 Å². The second kappa shape index (κ2) is 4.24. The minimum Gasteiger partial charge on any atom is -0.516 e. The summed E-state index contributed by atoms with van der Waals surface area (Å²) in [6, 6.07) is 0. The molecule has 0 fully saturated rings. The molecule has 0 aromatic rings. The third-order valence-corrected chi connectivity index (χ3v) is 0.705. The molecular weight excluding hydrogens is 104 g/mol. The molecule has 0 atom stereocenters. The van der Waals surface area contributed by atoms with Crippen LogP contribution in [0.15, 0.2) is 24.7 Å². The van der Waals surface area contributed by atoms with Crippen LogP contribution in [0.2, 0.25) is 0 Å². The van der Waals surface area contributed by atoms with Crippen LogP contribution in [0.4, 0.5) is 0 Å². The van der Waals surface area contributed by atoms with Gasteiger partial charge in [-0.1, -0.05) is 6.58 Å². The molecule has 0 heterocycles. The van der Waals surface area contributed by atoms with Crippen molar-refractivity contribution < 1.29 is 10.2 Å². The van der Waals surface area contributed by atoms with Gasteiger partial charge in [-0.15, -0.1) is 0 Å². The lowest BCUT2D eigenvalue weighted by atomic mass is 10.3. The predicted molar refractivity (Wildman–Crippen MR) is 32.8 cm³/mol. The lowest BCUT2D eigenvalue weighted by molar-refractivity contribution is 0.391. The summed E-state index contributed by atoms with van der Waals surface area (Å²) in [7, 11) is 0. The molecule has 0 unspecified atom stereocenters. The Kier molecular flexibility index (Phi) is 3.76. The van der Waals surface area contributed by atoms with Gasteiger partial charge in [0.25, 0.3) is 0 Å². The van der Waals surface area contributed by atoms with Crippen LogP contribution < -0.4 is 0 Å². The Labute approximate surface area is 48.8 Å². The largest absolute Gasteiger partial charge is 0.516 e. The zero-order chi connectivity index (χ0) is 6.41. The van der Waals surface area contributed by atoms with Crippen molar-refractivity contribution in [3.8, 4) is 0 Å². The fourth-order valence-electron chi connectivity index (χ4n) is 0.324. The van der Waals surface area contributed by atoms with Crippen LogP contribution >= 0.6 is 0 Å². The van der Waals surface area contributed by atoms with Crippen LogP contribution in [-0.2, 0) is 0 Å². The minimum absolute atomic E-state index is 0.156. The molecule has 0 aliphatic heterocycles. The molecule has 46 valence electrons. The van der Waals surface area contributed by atoms with Crippen LogP contribution in [0.25, 0.3) is 0 Å². The SMILES string of the molecule is C=C(O)CCC=CO. The average Bonchev–Trinajstić information content (AvgIpc) is 1.66. The van der Waals surface area contributed by atoms with Crippen molar-refractivity contribution in [3.05, 3.63) is 24.7 Å². The first-order valence-corrected chi connectivity index (χ1v) is 2.43. The standard InChI is InChI=1S/C6H10O2/c1-6(8)4-2-3-5-7/h3,5,7-8H,1-2,4H2. The van der Waals surface area contributed by atoms with Gasteiger partial charge in [-0.3, -0.25) is 0 Å². The van der Waals surface area contributed by atoms with Crippen molar-refractivity contribution in [1.82, 2.24) is 0 Å². The number of aliphatic hydroxyl groups excluding tert-OH is 2. The molecule has 8 heavy (non-hydrogen) atoms. The Morgan fingerprint density at radius 3 is 2.62 bits per heavy atom. The summed E-state index contributed by atoms with van der Waals surface area (Å²) in [6.45, 7) is 3.27. The van der Waals surface area contributed by atoms with Gasteiger partial charge in [0.2, 0.25) is 0 Å². The topological polar surface area (TPSA) is 40.5 Å². The summed E-state index contributed by atoms with van der Waals surface area (Å²) >= 11 is 0. The quantitative estimate of drug-likeness (QED) is 0.550. The summed E-state index contributed by atoms with van der Waals surface area (Å²) in [5.74, 6) is 0.156. The third-order valence-electron chi connectivity index (χ3n) is 0.705. The van der Waals surface area contributed by atoms with Gasteiger partial charge in [0.05, 0.1) is 12.0 Å². The van der Waals surface area contributed by atoms with Gasteiger partial charge in [0, 0.05) is 6.42 Å². The molecule has 0 rings (SSSR count). The van der Waals surface area contributed by atoms with Crippen LogP contribution in [0.3, 0.4) is 0 Å². The fraction of sp³-hybridized carbons (Fsp3) is 0.333. The molecule has 2 heteroatoms. The van der Waals surface area contributed by atoms with Crippen molar-refractivity contribution in [2.24, 2.45) is 0 Å². The first-order valence-electron chi connectivity index (χ1n) is 2.43. The zero-order valence-electron chi connectivity index (χ0n) is 4.67. The lowest BCUT2D eigenvalue weighted by Gasteiger charge is -1.88. The maximum atomic E-state index is 8.47. The Hall–Kier alpha value is -0.920. The molecule has 0 aliphatic rings. The smallest absolute Gasteiger partial charge is 0.0854 e. The monoisotopic (exact) mass is 114 g/mol. The van der Waals surface area contributed by atoms with Gasteiger partial charge in [-0.25, -0.2) is 0 Å². The maximum absolute atomic E-state index is 8.47. The van der Waals surface area contributed by atoms with Crippen molar-refractivity contribution in [1.29, 1.82) is 0 Å². The first kappa shape index (κ1) is 7.08. The van der Waals surface area contributed by atoms with Crippen LogP contribution in [0.1, 0.15) is 12.8 Å². The highest BCUT2D eigenvalue weighted by Gasteiger charge is 1.82. The van der Waals surface area contributed by atoms with Crippen molar-refractivity contribution in [2.45, 2.75) is 12.8 Å². The van der Waals surface area contributed by atoms with Crippen LogP contribution in [0.5, 0.6) is 0 Å². The third kappa shape index (κ3) is 5.08. The van der Waals surface area contributed by atoms with Gasteiger partial charge in [0.15, 0.2) is 0 Å². The summed E-state index contributed by atoms with van der Waals surface area (Å²) in [5.41, 5.74) is 0. The highest BCUT2D eigenvalue weighted by Crippen LogP contribution is 1.96. The number of rotatable bonds is 3. The van der Waals surface area contributed by atoms with E-state index in [1.54, 1.807) is 6.08 Å². The molecule has 0 saturated heterocycles. The van der Waals surface area contributed by atoms with Crippen molar-refractivity contribution in [2.75, 3.05) is 0 Å². The Morgan fingerprint density at radius 2 is 2.25 bits per heavy atom. The minimum atomic E-state index is 0.156. The van der Waals surface area contributed by atoms with E-state index >= 15 is 0 Å². The Balaban J connectivity index is 3.05. The first-order chi connectivity index (χ1) is 3.77.